The molecule has 5 heteroatoms. The summed E-state index contributed by atoms with van der Waals surface area (Å²) in [6.45, 7) is 4.76. The third-order valence-electron chi connectivity index (χ3n) is 4.39. The second-order valence-corrected chi connectivity index (χ2v) is 5.77. The first-order chi connectivity index (χ1) is 10.2. The molecule has 1 aliphatic heterocycles. The van der Waals surface area contributed by atoms with E-state index in [4.69, 9.17) is 4.74 Å². The normalized spacial score (nSPS) is 21.0. The summed E-state index contributed by atoms with van der Waals surface area (Å²) in [5.41, 5.74) is -0.0926. The fourth-order valence-electron chi connectivity index (χ4n) is 2.91. The molecule has 4 nitrogen and oxygen atoms in total. The first kappa shape index (κ1) is 14.5. The summed E-state index contributed by atoms with van der Waals surface area (Å²) in [4.78, 5) is 14.7. The number of halogens is 1. The zero-order valence-electron chi connectivity index (χ0n) is 12.1. The van der Waals surface area contributed by atoms with E-state index in [9.17, 15) is 9.18 Å². The molecular formula is C16H21FN2O2. The lowest BCUT2D eigenvalue weighted by Gasteiger charge is -2.27. The van der Waals surface area contributed by atoms with Crippen molar-refractivity contribution in [3.8, 4) is 0 Å². The average Bonchev–Trinajstić information content (AvgIpc) is 3.30. The van der Waals surface area contributed by atoms with Crippen LogP contribution < -0.4 is 5.32 Å². The molecular weight excluding hydrogens is 271 g/mol. The maximum absolute atomic E-state index is 13.9. The molecule has 21 heavy (non-hydrogen) atoms. The van der Waals surface area contributed by atoms with Gasteiger partial charge in [0.15, 0.2) is 0 Å². The van der Waals surface area contributed by atoms with Crippen molar-refractivity contribution in [3.63, 3.8) is 0 Å². The molecule has 3 rings (SSSR count). The summed E-state index contributed by atoms with van der Waals surface area (Å²) in [6, 6.07) is 6.60. The third kappa shape index (κ3) is 3.09. The van der Waals surface area contributed by atoms with Gasteiger partial charge in [-0.25, -0.2) is 4.39 Å². The van der Waals surface area contributed by atoms with Crippen LogP contribution in [0.25, 0.3) is 0 Å². The first-order valence-corrected chi connectivity index (χ1v) is 7.56. The summed E-state index contributed by atoms with van der Waals surface area (Å²) in [5, 5.41) is 2.97. The van der Waals surface area contributed by atoms with Crippen LogP contribution in [0, 0.1) is 5.82 Å². The molecule has 1 aromatic carbocycles. The summed E-state index contributed by atoms with van der Waals surface area (Å²) in [5.74, 6) is -0.320. The zero-order chi connectivity index (χ0) is 14.7. The van der Waals surface area contributed by atoms with Crippen LogP contribution in [0.15, 0.2) is 24.3 Å². The van der Waals surface area contributed by atoms with E-state index in [1.165, 1.54) is 6.07 Å². The van der Waals surface area contributed by atoms with Crippen LogP contribution in [0.4, 0.5) is 4.39 Å². The quantitative estimate of drug-likeness (QED) is 0.889. The standard InChI is InChI=1S/C16H21FN2O2/c17-14-4-2-1-3-13(14)16(5-6-16)15(20)18-7-8-19-9-11-21-12-10-19/h1-4H,5-12H2,(H,18,20). The van der Waals surface area contributed by atoms with E-state index in [-0.39, 0.29) is 11.7 Å². The number of nitrogens with one attached hydrogen (secondary N) is 1. The molecule has 0 aromatic heterocycles. The van der Waals surface area contributed by atoms with Gasteiger partial charge in [0.2, 0.25) is 5.91 Å². The predicted octanol–water partition coefficient (Wildman–Crippen LogP) is 1.31. The second-order valence-electron chi connectivity index (χ2n) is 5.77. The lowest BCUT2D eigenvalue weighted by molar-refractivity contribution is -0.123. The number of amides is 1. The molecule has 2 fully saturated rings. The molecule has 1 saturated heterocycles. The van der Waals surface area contributed by atoms with E-state index in [0.29, 0.717) is 12.1 Å². The number of morpholine rings is 1. The summed E-state index contributed by atoms with van der Waals surface area (Å²) in [6.07, 6.45) is 1.47. The number of hydrogen-bond donors (Lipinski definition) is 1. The van der Waals surface area contributed by atoms with Crippen molar-refractivity contribution < 1.29 is 13.9 Å². The Hall–Kier alpha value is -1.46. The molecule has 1 heterocycles. The second kappa shape index (κ2) is 6.12. The lowest BCUT2D eigenvalue weighted by Crippen LogP contribution is -2.43. The van der Waals surface area contributed by atoms with Crippen LogP contribution in [0.5, 0.6) is 0 Å². The Labute approximate surface area is 124 Å². The maximum atomic E-state index is 13.9. The molecule has 0 radical (unpaired) electrons. The minimum atomic E-state index is -0.629. The minimum absolute atomic E-state index is 0.0409. The molecule has 0 spiro atoms. The molecule has 0 bridgehead atoms. The van der Waals surface area contributed by atoms with Gasteiger partial charge in [-0.05, 0) is 18.9 Å². The van der Waals surface area contributed by atoms with Gasteiger partial charge in [-0.15, -0.1) is 0 Å². The number of rotatable bonds is 5. The number of nitrogens with zero attached hydrogens (tertiary/aromatic N) is 1. The van der Waals surface area contributed by atoms with Crippen molar-refractivity contribution in [1.82, 2.24) is 10.2 Å². The highest BCUT2D eigenvalue weighted by molar-refractivity contribution is 5.91. The monoisotopic (exact) mass is 292 g/mol. The molecule has 2 aliphatic rings. The number of benzene rings is 1. The Kier molecular flexibility index (Phi) is 4.22. The highest BCUT2D eigenvalue weighted by Gasteiger charge is 2.52. The fourth-order valence-corrected chi connectivity index (χ4v) is 2.91. The Morgan fingerprint density at radius 2 is 2.00 bits per heavy atom. The lowest BCUT2D eigenvalue weighted by atomic mass is 9.94. The van der Waals surface area contributed by atoms with Crippen molar-refractivity contribution in [2.75, 3.05) is 39.4 Å². The topological polar surface area (TPSA) is 41.6 Å². The van der Waals surface area contributed by atoms with Gasteiger partial charge >= 0.3 is 0 Å². The van der Waals surface area contributed by atoms with Crippen LogP contribution in [0.3, 0.4) is 0 Å². The van der Waals surface area contributed by atoms with E-state index in [1.807, 2.05) is 0 Å². The number of carbonyl (C=O) groups excluding carboxylic acids is 1. The molecule has 1 aliphatic carbocycles. The number of carbonyl (C=O) groups is 1. The van der Waals surface area contributed by atoms with Gasteiger partial charge in [-0.3, -0.25) is 9.69 Å². The molecule has 0 unspecified atom stereocenters. The third-order valence-corrected chi connectivity index (χ3v) is 4.39. The van der Waals surface area contributed by atoms with Crippen molar-refractivity contribution >= 4 is 5.91 Å². The Bertz CT molecular complexity index is 511. The predicted molar refractivity (Wildman–Crippen MR) is 77.6 cm³/mol. The van der Waals surface area contributed by atoms with Gasteiger partial charge in [0.05, 0.1) is 18.6 Å². The van der Waals surface area contributed by atoms with Crippen LogP contribution >= 0.6 is 0 Å². The van der Waals surface area contributed by atoms with Crippen LogP contribution in [-0.4, -0.2) is 50.2 Å². The van der Waals surface area contributed by atoms with E-state index in [1.54, 1.807) is 18.2 Å². The highest BCUT2D eigenvalue weighted by Crippen LogP contribution is 2.49. The van der Waals surface area contributed by atoms with Crippen LogP contribution in [0.1, 0.15) is 18.4 Å². The van der Waals surface area contributed by atoms with Crippen molar-refractivity contribution in [2.45, 2.75) is 18.3 Å². The average molecular weight is 292 g/mol. The van der Waals surface area contributed by atoms with E-state index in [2.05, 4.69) is 10.2 Å². The van der Waals surface area contributed by atoms with Gasteiger partial charge in [0.1, 0.15) is 5.82 Å². The highest BCUT2D eigenvalue weighted by atomic mass is 19.1. The number of ether oxygens (including phenoxy) is 1. The summed E-state index contributed by atoms with van der Waals surface area (Å²) >= 11 is 0. The Morgan fingerprint density at radius 1 is 1.29 bits per heavy atom. The zero-order valence-corrected chi connectivity index (χ0v) is 12.1. The van der Waals surface area contributed by atoms with Gasteiger partial charge in [-0.1, -0.05) is 18.2 Å². The van der Waals surface area contributed by atoms with Crippen LogP contribution in [0.2, 0.25) is 0 Å². The SMILES string of the molecule is O=C(NCCN1CCOCC1)C1(c2ccccc2F)CC1. The Balaban J connectivity index is 1.54. The molecule has 1 N–H and O–H groups in total. The van der Waals surface area contributed by atoms with Crippen molar-refractivity contribution in [1.29, 1.82) is 0 Å². The van der Waals surface area contributed by atoms with Crippen molar-refractivity contribution in [2.24, 2.45) is 0 Å². The largest absolute Gasteiger partial charge is 0.379 e. The summed E-state index contributed by atoms with van der Waals surface area (Å²) in [7, 11) is 0. The first-order valence-electron chi connectivity index (χ1n) is 7.56. The maximum Gasteiger partial charge on any atom is 0.230 e. The fraction of sp³-hybridized carbons (Fsp3) is 0.562. The summed E-state index contributed by atoms with van der Waals surface area (Å²) < 4.78 is 19.2. The molecule has 1 amide bonds. The molecule has 1 aromatic rings. The molecule has 0 atom stereocenters. The number of hydrogen-bond acceptors (Lipinski definition) is 3. The van der Waals surface area contributed by atoms with Gasteiger partial charge in [-0.2, -0.15) is 0 Å². The molecule has 1 saturated carbocycles. The van der Waals surface area contributed by atoms with Gasteiger partial charge in [0.25, 0.3) is 0 Å². The van der Waals surface area contributed by atoms with E-state index >= 15 is 0 Å². The van der Waals surface area contributed by atoms with E-state index < -0.39 is 5.41 Å². The van der Waals surface area contributed by atoms with Crippen LogP contribution in [-0.2, 0) is 14.9 Å². The smallest absolute Gasteiger partial charge is 0.230 e. The minimum Gasteiger partial charge on any atom is -0.379 e. The van der Waals surface area contributed by atoms with E-state index in [0.717, 1.165) is 45.7 Å². The Morgan fingerprint density at radius 3 is 2.67 bits per heavy atom. The molecule has 114 valence electrons. The van der Waals surface area contributed by atoms with Crippen molar-refractivity contribution in [3.05, 3.63) is 35.6 Å². The van der Waals surface area contributed by atoms with Gasteiger partial charge in [0, 0.05) is 31.7 Å². The van der Waals surface area contributed by atoms with Gasteiger partial charge < -0.3 is 10.1 Å².